The summed E-state index contributed by atoms with van der Waals surface area (Å²) in [6.45, 7) is 5.39. The Balaban J connectivity index is 1.97. The van der Waals surface area contributed by atoms with Crippen LogP contribution in [0.15, 0.2) is 71.6 Å². The van der Waals surface area contributed by atoms with E-state index in [-0.39, 0.29) is 16.6 Å². The first kappa shape index (κ1) is 26.1. The van der Waals surface area contributed by atoms with E-state index in [1.165, 1.54) is 31.9 Å². The number of sulfonamides is 1. The number of hydrogen-bond donors (Lipinski definition) is 1. The van der Waals surface area contributed by atoms with Crippen LogP contribution in [0.1, 0.15) is 36.6 Å². The molecular formula is C27H32N2O5S. The van der Waals surface area contributed by atoms with Gasteiger partial charge in [0.1, 0.15) is 18.0 Å². The quantitative estimate of drug-likeness (QED) is 0.442. The van der Waals surface area contributed by atoms with Gasteiger partial charge in [0, 0.05) is 6.07 Å². The lowest BCUT2D eigenvalue weighted by Crippen LogP contribution is -2.41. The van der Waals surface area contributed by atoms with Crippen LogP contribution in [0.4, 0.5) is 5.69 Å². The van der Waals surface area contributed by atoms with Crippen molar-refractivity contribution in [2.75, 3.05) is 25.1 Å². The summed E-state index contributed by atoms with van der Waals surface area (Å²) in [6, 6.07) is 19.0. The fraction of sp³-hybridized carbons (Fsp3) is 0.296. The fourth-order valence-corrected chi connectivity index (χ4v) is 5.10. The number of nitrogens with zero attached hydrogens (tertiary/aromatic N) is 1. The molecule has 0 aliphatic carbocycles. The Morgan fingerprint density at radius 3 is 2.20 bits per heavy atom. The van der Waals surface area contributed by atoms with Gasteiger partial charge in [0.2, 0.25) is 5.91 Å². The van der Waals surface area contributed by atoms with E-state index >= 15 is 0 Å². The molecule has 7 nitrogen and oxygen atoms in total. The molecule has 0 radical (unpaired) electrons. The summed E-state index contributed by atoms with van der Waals surface area (Å²) in [5.74, 6) is 0.296. The van der Waals surface area contributed by atoms with E-state index in [0.29, 0.717) is 11.5 Å². The third-order valence-electron chi connectivity index (χ3n) is 5.82. The number of carbonyl (C=O) groups is 1. The average molecular weight is 497 g/mol. The number of ether oxygens (including phenoxy) is 2. The van der Waals surface area contributed by atoms with Crippen LogP contribution < -0.4 is 19.1 Å². The molecule has 0 aliphatic rings. The van der Waals surface area contributed by atoms with Crippen LogP contribution >= 0.6 is 0 Å². The normalized spacial score (nSPS) is 12.0. The maximum absolute atomic E-state index is 13.7. The highest BCUT2D eigenvalue weighted by Crippen LogP contribution is 2.35. The molecule has 8 heteroatoms. The zero-order valence-corrected chi connectivity index (χ0v) is 21.6. The van der Waals surface area contributed by atoms with Crippen molar-refractivity contribution in [1.82, 2.24) is 5.32 Å². The standard InChI is InChI=1S/C27H32N2O5S/c1-6-21-9-11-22(12-10-21)20(3)28-27(30)18-29(25-17-23(33-4)13-16-26(25)34-5)35(31,32)24-14-7-19(2)8-15-24/h7-17,20H,6,18H2,1-5H3,(H,28,30)/t20-/m1/s1. The van der Waals surface area contributed by atoms with Gasteiger partial charge in [0.15, 0.2) is 0 Å². The van der Waals surface area contributed by atoms with E-state index in [4.69, 9.17) is 9.47 Å². The second-order valence-corrected chi connectivity index (χ2v) is 10.1. The van der Waals surface area contributed by atoms with Crippen molar-refractivity contribution in [3.63, 3.8) is 0 Å². The molecule has 35 heavy (non-hydrogen) atoms. The predicted molar refractivity (Wildman–Crippen MR) is 138 cm³/mol. The predicted octanol–water partition coefficient (Wildman–Crippen LogP) is 4.65. The van der Waals surface area contributed by atoms with Gasteiger partial charge in [-0.1, -0.05) is 48.9 Å². The summed E-state index contributed by atoms with van der Waals surface area (Å²) in [7, 11) is -1.16. The Morgan fingerprint density at radius 2 is 1.63 bits per heavy atom. The Bertz CT molecular complexity index is 1260. The number of anilines is 1. The minimum Gasteiger partial charge on any atom is -0.497 e. The number of benzene rings is 3. The summed E-state index contributed by atoms with van der Waals surface area (Å²) in [6.07, 6.45) is 0.926. The van der Waals surface area contributed by atoms with Crippen LogP contribution in [-0.4, -0.2) is 35.1 Å². The van der Waals surface area contributed by atoms with Crippen LogP contribution in [-0.2, 0) is 21.2 Å². The van der Waals surface area contributed by atoms with E-state index in [1.807, 2.05) is 38.1 Å². The lowest BCUT2D eigenvalue weighted by Gasteiger charge is -2.27. The molecule has 3 aromatic rings. The van der Waals surface area contributed by atoms with Gasteiger partial charge in [-0.05, 0) is 55.7 Å². The van der Waals surface area contributed by atoms with Crippen molar-refractivity contribution < 1.29 is 22.7 Å². The highest BCUT2D eigenvalue weighted by Gasteiger charge is 2.30. The molecule has 3 rings (SSSR count). The van der Waals surface area contributed by atoms with E-state index in [1.54, 1.807) is 30.3 Å². The van der Waals surface area contributed by atoms with Crippen LogP contribution in [0.3, 0.4) is 0 Å². The van der Waals surface area contributed by atoms with Gasteiger partial charge in [-0.15, -0.1) is 0 Å². The van der Waals surface area contributed by atoms with Crippen molar-refractivity contribution >= 4 is 21.6 Å². The van der Waals surface area contributed by atoms with Crippen LogP contribution in [0, 0.1) is 6.92 Å². The Hall–Kier alpha value is -3.52. The fourth-order valence-electron chi connectivity index (χ4n) is 3.67. The van der Waals surface area contributed by atoms with Gasteiger partial charge in [0.05, 0.1) is 30.8 Å². The second kappa shape index (κ2) is 11.3. The molecule has 0 fully saturated rings. The van der Waals surface area contributed by atoms with E-state index < -0.39 is 22.5 Å². The molecule has 1 N–H and O–H groups in total. The topological polar surface area (TPSA) is 84.9 Å². The average Bonchev–Trinajstić information content (AvgIpc) is 2.87. The van der Waals surface area contributed by atoms with Gasteiger partial charge in [-0.3, -0.25) is 9.10 Å². The third kappa shape index (κ3) is 6.14. The van der Waals surface area contributed by atoms with Crippen molar-refractivity contribution in [2.24, 2.45) is 0 Å². The van der Waals surface area contributed by atoms with Gasteiger partial charge in [0.25, 0.3) is 10.0 Å². The number of aryl methyl sites for hydroxylation is 2. The number of carbonyl (C=O) groups excluding carboxylic acids is 1. The lowest BCUT2D eigenvalue weighted by atomic mass is 10.1. The van der Waals surface area contributed by atoms with Gasteiger partial charge >= 0.3 is 0 Å². The molecule has 0 aromatic heterocycles. The van der Waals surface area contributed by atoms with Crippen LogP contribution in [0.25, 0.3) is 0 Å². The van der Waals surface area contributed by atoms with Gasteiger partial charge in [-0.2, -0.15) is 0 Å². The smallest absolute Gasteiger partial charge is 0.264 e. The number of hydrogen-bond acceptors (Lipinski definition) is 5. The first-order valence-electron chi connectivity index (χ1n) is 11.4. The molecule has 0 saturated heterocycles. The number of methoxy groups -OCH3 is 2. The molecule has 1 amide bonds. The van der Waals surface area contributed by atoms with E-state index in [9.17, 15) is 13.2 Å². The van der Waals surface area contributed by atoms with Crippen molar-refractivity contribution in [3.8, 4) is 11.5 Å². The Kier molecular flexibility index (Phi) is 8.40. The Morgan fingerprint density at radius 1 is 0.971 bits per heavy atom. The first-order chi connectivity index (χ1) is 16.7. The highest BCUT2D eigenvalue weighted by molar-refractivity contribution is 7.92. The van der Waals surface area contributed by atoms with E-state index in [2.05, 4.69) is 12.2 Å². The number of amides is 1. The monoisotopic (exact) mass is 496 g/mol. The molecule has 1 atom stereocenters. The van der Waals surface area contributed by atoms with Gasteiger partial charge in [-0.25, -0.2) is 8.42 Å². The van der Waals surface area contributed by atoms with Crippen molar-refractivity contribution in [2.45, 2.75) is 38.1 Å². The zero-order chi connectivity index (χ0) is 25.6. The maximum atomic E-state index is 13.7. The molecule has 0 heterocycles. The summed E-state index contributed by atoms with van der Waals surface area (Å²) in [4.78, 5) is 13.2. The Labute approximate surface area is 207 Å². The number of nitrogens with one attached hydrogen (secondary N) is 1. The lowest BCUT2D eigenvalue weighted by molar-refractivity contribution is -0.120. The molecule has 3 aromatic carbocycles. The summed E-state index contributed by atoms with van der Waals surface area (Å²) < 4.78 is 39.2. The largest absolute Gasteiger partial charge is 0.497 e. The van der Waals surface area contributed by atoms with Crippen LogP contribution in [0.5, 0.6) is 11.5 Å². The first-order valence-corrected chi connectivity index (χ1v) is 12.8. The third-order valence-corrected chi connectivity index (χ3v) is 7.59. The molecule has 0 spiro atoms. The molecule has 0 saturated carbocycles. The van der Waals surface area contributed by atoms with Gasteiger partial charge < -0.3 is 14.8 Å². The summed E-state index contributed by atoms with van der Waals surface area (Å²) in [5.41, 5.74) is 3.27. The molecular weight excluding hydrogens is 464 g/mol. The molecule has 0 aliphatic heterocycles. The zero-order valence-electron chi connectivity index (χ0n) is 20.7. The van der Waals surface area contributed by atoms with Crippen molar-refractivity contribution in [3.05, 3.63) is 83.4 Å². The molecule has 186 valence electrons. The second-order valence-electron chi connectivity index (χ2n) is 8.25. The number of rotatable bonds is 10. The summed E-state index contributed by atoms with van der Waals surface area (Å²) >= 11 is 0. The van der Waals surface area contributed by atoms with E-state index in [0.717, 1.165) is 21.9 Å². The molecule has 0 unspecified atom stereocenters. The molecule has 0 bridgehead atoms. The summed E-state index contributed by atoms with van der Waals surface area (Å²) in [5, 5.41) is 2.92. The van der Waals surface area contributed by atoms with Crippen molar-refractivity contribution in [1.29, 1.82) is 0 Å². The SMILES string of the molecule is CCc1ccc([C@@H](C)NC(=O)CN(c2cc(OC)ccc2OC)S(=O)(=O)c2ccc(C)cc2)cc1. The minimum absolute atomic E-state index is 0.0731. The minimum atomic E-state index is -4.10. The maximum Gasteiger partial charge on any atom is 0.264 e. The van der Waals surface area contributed by atoms with Crippen LogP contribution in [0.2, 0.25) is 0 Å². The highest BCUT2D eigenvalue weighted by atomic mass is 32.2.